The summed E-state index contributed by atoms with van der Waals surface area (Å²) in [5.74, 6) is 0.666. The predicted molar refractivity (Wildman–Crippen MR) is 96.5 cm³/mol. The molecule has 5 aliphatic rings. The van der Waals surface area contributed by atoms with Crippen LogP contribution in [0.4, 0.5) is 0 Å². The van der Waals surface area contributed by atoms with Crippen molar-refractivity contribution in [3.8, 4) is 0 Å². The maximum absolute atomic E-state index is 12.8. The molecule has 0 aromatic heterocycles. The first kappa shape index (κ1) is 17.4. The fourth-order valence-electron chi connectivity index (χ4n) is 7.20. The molecule has 0 amide bonds. The zero-order valence-electron chi connectivity index (χ0n) is 16.2. The number of aliphatic hydroxyl groups excluding tert-OH is 1. The van der Waals surface area contributed by atoms with E-state index in [0.29, 0.717) is 5.92 Å². The van der Waals surface area contributed by atoms with Crippen LogP contribution in [0, 0.1) is 23.2 Å². The third kappa shape index (κ3) is 2.23. The lowest BCUT2D eigenvalue weighted by Gasteiger charge is -2.49. The van der Waals surface area contributed by atoms with Crippen molar-refractivity contribution in [2.45, 2.75) is 82.6 Å². The number of aliphatic hydroxyl groups is 1. The Balaban J connectivity index is 1.39. The van der Waals surface area contributed by atoms with Crippen LogP contribution >= 0.6 is 0 Å². The number of nitrogens with zero attached hydrogens (tertiary/aromatic N) is 1. The second-order valence-electron chi connectivity index (χ2n) is 9.88. The van der Waals surface area contributed by atoms with Gasteiger partial charge in [0.15, 0.2) is 0 Å². The Kier molecular flexibility index (Phi) is 3.97. The number of carbonyl (C=O) groups is 1. The van der Waals surface area contributed by atoms with Gasteiger partial charge in [0.05, 0.1) is 18.6 Å². The largest absolute Gasteiger partial charge is 0.462 e. The fraction of sp³-hybridized carbons (Fsp3) is 0.952. The maximum Gasteiger partial charge on any atom is 0.311 e. The number of likely N-dealkylation sites (tertiary alicyclic amines) is 1. The molecule has 0 bridgehead atoms. The third-order valence-corrected chi connectivity index (χ3v) is 8.59. The lowest BCUT2D eigenvalue weighted by molar-refractivity contribution is -0.147. The number of epoxide rings is 1. The SMILES string of the molecule is C[C@H]1CCC[C@]2(C)C[C@H]3OC(=O)[C@@H](CN4CCCC[C@H]4CO)[C@H]3[C@@H]3O[C@@]132. The molecule has 2 aliphatic carbocycles. The highest BCUT2D eigenvalue weighted by atomic mass is 16.6. The molecule has 0 aromatic carbocycles. The highest BCUT2D eigenvalue weighted by Gasteiger charge is 2.78. The summed E-state index contributed by atoms with van der Waals surface area (Å²) in [7, 11) is 0. The van der Waals surface area contributed by atoms with Crippen LogP contribution in [0.5, 0.6) is 0 Å². The first-order valence-electron chi connectivity index (χ1n) is 10.7. The molecule has 5 fully saturated rings. The van der Waals surface area contributed by atoms with Crippen molar-refractivity contribution in [1.29, 1.82) is 0 Å². The van der Waals surface area contributed by atoms with Crippen molar-refractivity contribution in [2.75, 3.05) is 19.7 Å². The van der Waals surface area contributed by atoms with Gasteiger partial charge in [-0.3, -0.25) is 9.69 Å². The number of ether oxygens (including phenoxy) is 2. The van der Waals surface area contributed by atoms with Crippen molar-refractivity contribution < 1.29 is 19.4 Å². The smallest absolute Gasteiger partial charge is 0.311 e. The fourth-order valence-corrected chi connectivity index (χ4v) is 7.20. The van der Waals surface area contributed by atoms with Crippen LogP contribution in [0.2, 0.25) is 0 Å². The molecule has 0 aromatic rings. The van der Waals surface area contributed by atoms with E-state index < -0.39 is 0 Å². The molecule has 5 heteroatoms. The van der Waals surface area contributed by atoms with Crippen molar-refractivity contribution >= 4 is 5.97 Å². The van der Waals surface area contributed by atoms with Gasteiger partial charge in [0, 0.05) is 23.9 Å². The summed E-state index contributed by atoms with van der Waals surface area (Å²) in [6.45, 7) is 6.61. The second kappa shape index (κ2) is 5.92. The lowest BCUT2D eigenvalue weighted by Crippen LogP contribution is -2.55. The van der Waals surface area contributed by atoms with E-state index in [1.54, 1.807) is 0 Å². The van der Waals surface area contributed by atoms with Gasteiger partial charge < -0.3 is 14.6 Å². The van der Waals surface area contributed by atoms with E-state index in [0.717, 1.165) is 32.4 Å². The number of rotatable bonds is 3. The minimum absolute atomic E-state index is 0.0169. The molecule has 2 saturated carbocycles. The number of hydrogen-bond acceptors (Lipinski definition) is 5. The van der Waals surface area contributed by atoms with Crippen molar-refractivity contribution in [2.24, 2.45) is 23.2 Å². The molecular weight excluding hydrogens is 330 g/mol. The van der Waals surface area contributed by atoms with Crippen LogP contribution in [-0.4, -0.2) is 59.5 Å². The van der Waals surface area contributed by atoms with E-state index in [1.807, 2.05) is 0 Å². The van der Waals surface area contributed by atoms with Crippen molar-refractivity contribution in [3.63, 3.8) is 0 Å². The monoisotopic (exact) mass is 363 g/mol. The van der Waals surface area contributed by atoms with Gasteiger partial charge in [0.2, 0.25) is 0 Å². The van der Waals surface area contributed by atoms with Crippen LogP contribution < -0.4 is 0 Å². The van der Waals surface area contributed by atoms with Gasteiger partial charge in [-0.2, -0.15) is 0 Å². The summed E-state index contributed by atoms with van der Waals surface area (Å²) in [4.78, 5) is 15.1. The van der Waals surface area contributed by atoms with Crippen LogP contribution in [0.15, 0.2) is 0 Å². The Hall–Kier alpha value is -0.650. The average Bonchev–Trinajstić information content (AvgIpc) is 3.30. The van der Waals surface area contributed by atoms with Crippen molar-refractivity contribution in [3.05, 3.63) is 0 Å². The van der Waals surface area contributed by atoms with Crippen LogP contribution in [0.25, 0.3) is 0 Å². The first-order valence-corrected chi connectivity index (χ1v) is 10.7. The van der Waals surface area contributed by atoms with E-state index >= 15 is 0 Å². The zero-order valence-corrected chi connectivity index (χ0v) is 16.2. The van der Waals surface area contributed by atoms with Crippen LogP contribution in [0.1, 0.15) is 58.8 Å². The third-order valence-electron chi connectivity index (χ3n) is 8.59. The average molecular weight is 363 g/mol. The van der Waals surface area contributed by atoms with Gasteiger partial charge >= 0.3 is 5.97 Å². The van der Waals surface area contributed by atoms with E-state index in [-0.39, 0.29) is 53.7 Å². The standard InChI is InChI=1S/C21H33NO4/c1-13-6-5-8-20(2)10-16-17(18-21(13,20)26-18)15(19(24)25-16)11-22-9-4-3-7-14(22)12-23/h13-18,23H,3-12H2,1-2H3/t13-,14-,15-,16+,17+,18-,20+,21-/m0/s1. The number of hydrogen-bond donors (Lipinski definition) is 1. The minimum Gasteiger partial charge on any atom is -0.462 e. The van der Waals surface area contributed by atoms with E-state index in [1.165, 1.54) is 25.7 Å². The topological polar surface area (TPSA) is 62.3 Å². The summed E-state index contributed by atoms with van der Waals surface area (Å²) < 4.78 is 12.4. The molecule has 5 nitrogen and oxygen atoms in total. The number of piperidine rings is 1. The lowest BCUT2D eigenvalue weighted by atomic mass is 9.53. The molecule has 3 aliphatic heterocycles. The van der Waals surface area contributed by atoms with Gasteiger partial charge in [-0.25, -0.2) is 0 Å². The first-order chi connectivity index (χ1) is 12.5. The quantitative estimate of drug-likeness (QED) is 0.616. The van der Waals surface area contributed by atoms with Crippen LogP contribution in [0.3, 0.4) is 0 Å². The Morgan fingerprint density at radius 2 is 2.12 bits per heavy atom. The Morgan fingerprint density at radius 3 is 2.92 bits per heavy atom. The Morgan fingerprint density at radius 1 is 1.27 bits per heavy atom. The molecule has 26 heavy (non-hydrogen) atoms. The molecule has 8 atom stereocenters. The van der Waals surface area contributed by atoms with E-state index in [4.69, 9.17) is 9.47 Å². The molecular formula is C21H33NO4. The molecule has 3 heterocycles. The highest BCUT2D eigenvalue weighted by Crippen LogP contribution is 2.70. The summed E-state index contributed by atoms with van der Waals surface area (Å²) in [6.07, 6.45) is 8.24. The second-order valence-corrected chi connectivity index (χ2v) is 9.88. The minimum atomic E-state index is -0.0878. The van der Waals surface area contributed by atoms with Crippen LogP contribution in [-0.2, 0) is 14.3 Å². The molecule has 1 spiro atoms. The zero-order chi connectivity index (χ0) is 18.1. The summed E-state index contributed by atoms with van der Waals surface area (Å²) in [5.41, 5.74) is 0.140. The van der Waals surface area contributed by atoms with E-state index in [2.05, 4.69) is 18.7 Å². The Bertz CT molecular complexity index is 597. The van der Waals surface area contributed by atoms with Crippen molar-refractivity contribution in [1.82, 2.24) is 4.90 Å². The van der Waals surface area contributed by atoms with Gasteiger partial charge in [0.1, 0.15) is 11.7 Å². The van der Waals surface area contributed by atoms with Gasteiger partial charge in [0.25, 0.3) is 0 Å². The normalized spacial score (nSPS) is 53.4. The molecule has 5 rings (SSSR count). The predicted octanol–water partition coefficient (Wildman–Crippen LogP) is 2.36. The number of fused-ring (bicyclic) bond motifs is 2. The molecule has 0 radical (unpaired) electrons. The Labute approximate surface area is 156 Å². The number of carbonyl (C=O) groups excluding carboxylic acids is 1. The molecule has 0 unspecified atom stereocenters. The maximum atomic E-state index is 12.8. The number of esters is 1. The van der Waals surface area contributed by atoms with Gasteiger partial charge in [-0.05, 0) is 44.6 Å². The summed E-state index contributed by atoms with van der Waals surface area (Å²) in [5, 5.41) is 9.73. The summed E-state index contributed by atoms with van der Waals surface area (Å²) >= 11 is 0. The van der Waals surface area contributed by atoms with E-state index in [9.17, 15) is 9.90 Å². The molecule has 3 saturated heterocycles. The summed E-state index contributed by atoms with van der Waals surface area (Å²) in [6, 6.07) is 0.201. The highest BCUT2D eigenvalue weighted by molar-refractivity contribution is 5.76. The van der Waals surface area contributed by atoms with Gasteiger partial charge in [-0.15, -0.1) is 0 Å². The van der Waals surface area contributed by atoms with Gasteiger partial charge in [-0.1, -0.05) is 26.7 Å². The molecule has 146 valence electrons. The molecule has 1 N–H and O–H groups in total.